The molecule has 0 atom stereocenters. The molecule has 0 heterocycles. The van der Waals surface area contributed by atoms with Crippen molar-refractivity contribution in [3.8, 4) is 0 Å². The highest BCUT2D eigenvalue weighted by Gasteiger charge is 2.08. The molecule has 0 amide bonds. The second kappa shape index (κ2) is 9.53. The van der Waals surface area contributed by atoms with E-state index >= 15 is 0 Å². The van der Waals surface area contributed by atoms with E-state index in [1.165, 1.54) is 5.56 Å². The predicted octanol–water partition coefficient (Wildman–Crippen LogP) is -0.149. The summed E-state index contributed by atoms with van der Waals surface area (Å²) in [6.45, 7) is 0.746. The molecule has 24 heavy (non-hydrogen) atoms. The smallest absolute Gasteiger partial charge is 0.353 e. The summed E-state index contributed by atoms with van der Waals surface area (Å²) in [5.41, 5.74) is 3.30. The van der Waals surface area contributed by atoms with Gasteiger partial charge in [0.2, 0.25) is 0 Å². The molecule has 122 valence electrons. The molecule has 0 radical (unpaired) electrons. The average Bonchev–Trinajstić information content (AvgIpc) is 2.62. The van der Waals surface area contributed by atoms with E-state index in [0.717, 1.165) is 23.9 Å². The minimum absolute atomic E-state index is 0. The fourth-order valence-corrected chi connectivity index (χ4v) is 2.24. The minimum atomic E-state index is 0. The van der Waals surface area contributed by atoms with E-state index in [1.807, 2.05) is 78.9 Å². The Morgan fingerprint density at radius 2 is 1.04 bits per heavy atom. The SMILES string of the molecule is [Br-].c1ccc(C[NH+]=C(Nc2ccccc2)Nc2ccccc2)cc1. The Balaban J connectivity index is 0.00000208. The summed E-state index contributed by atoms with van der Waals surface area (Å²) in [7, 11) is 0. The lowest BCUT2D eigenvalue weighted by molar-refractivity contribution is -0.475. The zero-order valence-corrected chi connectivity index (χ0v) is 14.8. The Hall–Kier alpha value is -2.59. The number of rotatable bonds is 4. The summed E-state index contributed by atoms with van der Waals surface area (Å²) >= 11 is 0. The number of halogens is 1. The molecule has 0 aliphatic rings. The second-order valence-corrected chi connectivity index (χ2v) is 5.20. The maximum Gasteiger partial charge on any atom is 0.353 e. The number of hydrogen-bond acceptors (Lipinski definition) is 0. The molecule has 3 N–H and O–H groups in total. The van der Waals surface area contributed by atoms with Crippen molar-refractivity contribution in [1.29, 1.82) is 0 Å². The van der Waals surface area contributed by atoms with Crippen LogP contribution in [0.2, 0.25) is 0 Å². The van der Waals surface area contributed by atoms with Crippen molar-refractivity contribution in [1.82, 2.24) is 0 Å². The van der Waals surface area contributed by atoms with E-state index in [2.05, 4.69) is 27.8 Å². The van der Waals surface area contributed by atoms with Gasteiger partial charge >= 0.3 is 5.96 Å². The maximum atomic E-state index is 3.43. The summed E-state index contributed by atoms with van der Waals surface area (Å²) in [5, 5.41) is 6.78. The number of guanidine groups is 1. The van der Waals surface area contributed by atoms with Crippen LogP contribution in [0, 0.1) is 0 Å². The van der Waals surface area contributed by atoms with Crippen LogP contribution in [0.25, 0.3) is 0 Å². The molecule has 3 aromatic carbocycles. The van der Waals surface area contributed by atoms with Crippen LogP contribution in [0.5, 0.6) is 0 Å². The van der Waals surface area contributed by atoms with E-state index in [1.54, 1.807) is 0 Å². The molecule has 3 nitrogen and oxygen atoms in total. The maximum absolute atomic E-state index is 3.43. The Bertz CT molecular complexity index is 700. The molecule has 0 aliphatic carbocycles. The van der Waals surface area contributed by atoms with Gasteiger partial charge in [0, 0.05) is 0 Å². The summed E-state index contributed by atoms with van der Waals surface area (Å²) < 4.78 is 0. The standard InChI is InChI=1S/C20H19N3.BrH/c1-4-10-17(11-5-1)16-21-20(22-18-12-6-2-7-13-18)23-19-14-8-3-9-15-19;/h1-15H,16H2,(H2,21,22,23);1H. The molecule has 0 fully saturated rings. The zero-order chi connectivity index (χ0) is 15.7. The van der Waals surface area contributed by atoms with Gasteiger partial charge in [0.25, 0.3) is 0 Å². The minimum Gasteiger partial charge on any atom is -1.00 e. The van der Waals surface area contributed by atoms with E-state index in [-0.39, 0.29) is 17.0 Å². The van der Waals surface area contributed by atoms with Crippen molar-refractivity contribution in [2.45, 2.75) is 6.54 Å². The van der Waals surface area contributed by atoms with E-state index < -0.39 is 0 Å². The van der Waals surface area contributed by atoms with Gasteiger partial charge < -0.3 is 17.0 Å². The highest BCUT2D eigenvalue weighted by Crippen LogP contribution is 2.07. The van der Waals surface area contributed by atoms with E-state index in [9.17, 15) is 0 Å². The molecular formula is C20H20BrN3. The lowest BCUT2D eigenvalue weighted by Gasteiger charge is -2.06. The molecule has 0 aromatic heterocycles. The van der Waals surface area contributed by atoms with E-state index in [0.29, 0.717) is 0 Å². The van der Waals surface area contributed by atoms with Crippen molar-refractivity contribution in [3.05, 3.63) is 96.6 Å². The first-order valence-corrected chi connectivity index (χ1v) is 7.69. The topological polar surface area (TPSA) is 38.0 Å². The Morgan fingerprint density at radius 1 is 0.625 bits per heavy atom. The first-order chi connectivity index (χ1) is 11.4. The van der Waals surface area contributed by atoms with Gasteiger partial charge in [0.15, 0.2) is 0 Å². The molecule has 0 saturated carbocycles. The molecule has 0 spiro atoms. The lowest BCUT2D eigenvalue weighted by Crippen LogP contribution is -3.00. The van der Waals surface area contributed by atoms with Gasteiger partial charge in [-0.05, 0) is 29.8 Å². The highest BCUT2D eigenvalue weighted by molar-refractivity contribution is 5.99. The Labute approximate surface area is 153 Å². The summed E-state index contributed by atoms with van der Waals surface area (Å²) in [5.74, 6) is 0.853. The number of anilines is 2. The molecule has 0 aliphatic heterocycles. The van der Waals surface area contributed by atoms with Gasteiger partial charge in [0.1, 0.15) is 0 Å². The van der Waals surface area contributed by atoms with Crippen LogP contribution in [0.3, 0.4) is 0 Å². The van der Waals surface area contributed by atoms with Crippen LogP contribution < -0.4 is 32.6 Å². The third kappa shape index (κ3) is 5.56. The van der Waals surface area contributed by atoms with Gasteiger partial charge in [-0.3, -0.25) is 4.99 Å². The average molecular weight is 382 g/mol. The molecule has 4 heteroatoms. The summed E-state index contributed by atoms with van der Waals surface area (Å²) in [4.78, 5) is 3.43. The molecule has 0 saturated heterocycles. The van der Waals surface area contributed by atoms with E-state index in [4.69, 9.17) is 0 Å². The van der Waals surface area contributed by atoms with Crippen LogP contribution in [-0.4, -0.2) is 5.96 Å². The molecular weight excluding hydrogens is 362 g/mol. The summed E-state index contributed by atoms with van der Waals surface area (Å²) in [6, 6.07) is 30.6. The first kappa shape index (κ1) is 17.8. The number of hydrogen-bond donors (Lipinski definition) is 3. The van der Waals surface area contributed by atoms with Crippen LogP contribution in [0.4, 0.5) is 11.4 Å². The van der Waals surface area contributed by atoms with Crippen molar-refractivity contribution in [2.75, 3.05) is 10.6 Å². The van der Waals surface area contributed by atoms with Crippen LogP contribution in [0.15, 0.2) is 91.0 Å². The second-order valence-electron chi connectivity index (χ2n) is 5.20. The van der Waals surface area contributed by atoms with Crippen LogP contribution in [-0.2, 0) is 6.54 Å². The van der Waals surface area contributed by atoms with Gasteiger partial charge in [0.05, 0.1) is 17.9 Å². The third-order valence-electron chi connectivity index (χ3n) is 3.40. The number of benzene rings is 3. The fourth-order valence-electron chi connectivity index (χ4n) is 2.24. The van der Waals surface area contributed by atoms with Crippen molar-refractivity contribution >= 4 is 17.3 Å². The Morgan fingerprint density at radius 3 is 1.50 bits per heavy atom. The van der Waals surface area contributed by atoms with Crippen LogP contribution >= 0.6 is 0 Å². The normalized spacial score (nSPS) is 9.50. The molecule has 0 unspecified atom stereocenters. The van der Waals surface area contributed by atoms with Gasteiger partial charge in [-0.1, -0.05) is 66.7 Å². The Kier molecular flexibility index (Phi) is 7.05. The van der Waals surface area contributed by atoms with Gasteiger partial charge in [-0.25, -0.2) is 10.6 Å². The van der Waals surface area contributed by atoms with Gasteiger partial charge in [-0.15, -0.1) is 0 Å². The van der Waals surface area contributed by atoms with Gasteiger partial charge in [-0.2, -0.15) is 0 Å². The largest absolute Gasteiger partial charge is 1.00 e. The molecule has 0 bridgehead atoms. The zero-order valence-electron chi connectivity index (χ0n) is 13.2. The number of para-hydroxylation sites is 2. The highest BCUT2D eigenvalue weighted by atomic mass is 79.9. The third-order valence-corrected chi connectivity index (χ3v) is 3.40. The van der Waals surface area contributed by atoms with Crippen molar-refractivity contribution in [3.63, 3.8) is 0 Å². The van der Waals surface area contributed by atoms with Crippen molar-refractivity contribution < 1.29 is 22.0 Å². The first-order valence-electron chi connectivity index (χ1n) is 7.69. The van der Waals surface area contributed by atoms with Crippen molar-refractivity contribution in [2.24, 2.45) is 0 Å². The summed E-state index contributed by atoms with van der Waals surface area (Å²) in [6.07, 6.45) is 0. The molecule has 3 rings (SSSR count). The monoisotopic (exact) mass is 381 g/mol. The lowest BCUT2D eigenvalue weighted by atomic mass is 10.2. The van der Waals surface area contributed by atoms with Crippen LogP contribution in [0.1, 0.15) is 5.56 Å². The predicted molar refractivity (Wildman–Crippen MR) is 96.2 cm³/mol. The number of nitrogens with one attached hydrogen (secondary N) is 3. The fraction of sp³-hybridized carbons (Fsp3) is 0.0500. The molecule has 3 aromatic rings. The quantitative estimate of drug-likeness (QED) is 0.434.